The third-order valence-corrected chi connectivity index (χ3v) is 4.56. The summed E-state index contributed by atoms with van der Waals surface area (Å²) >= 11 is 0. The molecule has 0 heterocycles. The second kappa shape index (κ2) is 3.46. The fraction of sp³-hybridized carbons (Fsp3) is 0.889. The number of halogens is 2. The van der Waals surface area contributed by atoms with Crippen LogP contribution in [0.3, 0.4) is 0 Å². The highest BCUT2D eigenvalue weighted by atomic mass is 32.2. The summed E-state index contributed by atoms with van der Waals surface area (Å²) in [5, 5.41) is -4.09. The van der Waals surface area contributed by atoms with Gasteiger partial charge in [-0.1, -0.05) is 0 Å². The van der Waals surface area contributed by atoms with E-state index < -0.39 is 27.7 Å². The Balaban J connectivity index is 2.06. The van der Waals surface area contributed by atoms with Crippen molar-refractivity contribution >= 4 is 15.9 Å². The van der Waals surface area contributed by atoms with Gasteiger partial charge in [0, 0.05) is 18.8 Å². The van der Waals surface area contributed by atoms with Crippen molar-refractivity contribution in [3.63, 3.8) is 0 Å². The molecule has 0 amide bonds. The van der Waals surface area contributed by atoms with E-state index in [2.05, 4.69) is 0 Å². The van der Waals surface area contributed by atoms with E-state index in [9.17, 15) is 22.0 Å². The molecule has 0 radical (unpaired) electrons. The maximum absolute atomic E-state index is 13.1. The second-order valence-corrected chi connectivity index (χ2v) is 6.22. The number of Topliss-reactive ketones (excluding diaryl/α,β-unsaturated/α-hetero) is 1. The zero-order valence-corrected chi connectivity index (χ0v) is 9.21. The Morgan fingerprint density at radius 3 is 2.38 bits per heavy atom. The Bertz CT molecular complexity index is 417. The fourth-order valence-corrected chi connectivity index (χ4v) is 3.24. The molecule has 1 N–H and O–H groups in total. The number of carbonyl (C=O) groups excluding carboxylic acids is 1. The Morgan fingerprint density at radius 2 is 2.00 bits per heavy atom. The van der Waals surface area contributed by atoms with Crippen LogP contribution in [0.25, 0.3) is 0 Å². The first-order valence-electron chi connectivity index (χ1n) is 5.08. The van der Waals surface area contributed by atoms with Crippen molar-refractivity contribution < 1.29 is 26.5 Å². The van der Waals surface area contributed by atoms with E-state index in [1.165, 1.54) is 0 Å². The van der Waals surface area contributed by atoms with Crippen LogP contribution in [0.4, 0.5) is 8.78 Å². The van der Waals surface area contributed by atoms with Crippen molar-refractivity contribution in [3.8, 4) is 0 Å². The van der Waals surface area contributed by atoms with Crippen LogP contribution in [0.1, 0.15) is 25.7 Å². The van der Waals surface area contributed by atoms with E-state index in [1.54, 1.807) is 0 Å². The van der Waals surface area contributed by atoms with Gasteiger partial charge < -0.3 is 0 Å². The molecule has 3 unspecified atom stereocenters. The molecule has 0 aromatic heterocycles. The van der Waals surface area contributed by atoms with Gasteiger partial charge in [-0.15, -0.1) is 0 Å². The van der Waals surface area contributed by atoms with Gasteiger partial charge >= 0.3 is 15.4 Å². The lowest BCUT2D eigenvalue weighted by atomic mass is 9.86. The highest BCUT2D eigenvalue weighted by molar-refractivity contribution is 7.86. The molecule has 92 valence electrons. The van der Waals surface area contributed by atoms with Crippen LogP contribution in [0.2, 0.25) is 0 Å². The van der Waals surface area contributed by atoms with Crippen LogP contribution in [-0.4, -0.2) is 24.0 Å². The van der Waals surface area contributed by atoms with Crippen LogP contribution in [-0.2, 0) is 14.9 Å². The van der Waals surface area contributed by atoms with Crippen molar-refractivity contribution in [2.45, 2.75) is 30.9 Å². The molecular formula is C9H12F2O4S. The molecule has 2 aliphatic carbocycles. The first-order valence-corrected chi connectivity index (χ1v) is 6.52. The summed E-state index contributed by atoms with van der Waals surface area (Å²) in [6, 6.07) is 0. The standard InChI is InChI=1S/C9H12F2O4S/c10-9(11,16(13,14)15)4-7-2-6-1-5(7)3-8(6)12/h5-7H,1-4H2,(H,13,14,15). The van der Waals surface area contributed by atoms with E-state index in [-0.39, 0.29) is 24.0 Å². The summed E-state index contributed by atoms with van der Waals surface area (Å²) in [5.41, 5.74) is 0. The number of carbonyl (C=O) groups is 1. The first kappa shape index (κ1) is 11.9. The Hall–Kier alpha value is -0.560. The van der Waals surface area contributed by atoms with Gasteiger partial charge in [0.2, 0.25) is 0 Å². The van der Waals surface area contributed by atoms with Crippen LogP contribution in [0.15, 0.2) is 0 Å². The summed E-state index contributed by atoms with van der Waals surface area (Å²) in [7, 11) is -5.34. The molecule has 0 aliphatic heterocycles. The topological polar surface area (TPSA) is 71.4 Å². The predicted octanol–water partition coefficient (Wildman–Crippen LogP) is 1.47. The van der Waals surface area contributed by atoms with Crippen molar-refractivity contribution in [2.24, 2.45) is 17.8 Å². The molecule has 4 nitrogen and oxygen atoms in total. The highest BCUT2D eigenvalue weighted by Gasteiger charge is 2.52. The Morgan fingerprint density at radius 1 is 1.38 bits per heavy atom. The monoisotopic (exact) mass is 254 g/mol. The van der Waals surface area contributed by atoms with Gasteiger partial charge in [0.1, 0.15) is 5.78 Å². The lowest BCUT2D eigenvalue weighted by molar-refractivity contribution is -0.122. The van der Waals surface area contributed by atoms with Gasteiger partial charge in [0.15, 0.2) is 0 Å². The number of hydrogen-bond acceptors (Lipinski definition) is 3. The fourth-order valence-electron chi connectivity index (χ4n) is 2.81. The molecule has 2 rings (SSSR count). The highest BCUT2D eigenvalue weighted by Crippen LogP contribution is 2.50. The molecule has 7 heteroatoms. The lowest BCUT2D eigenvalue weighted by Crippen LogP contribution is -2.33. The van der Waals surface area contributed by atoms with Gasteiger partial charge in [0.25, 0.3) is 0 Å². The summed E-state index contributed by atoms with van der Waals surface area (Å²) < 4.78 is 55.4. The third-order valence-electron chi connectivity index (χ3n) is 3.64. The average Bonchev–Trinajstić information content (AvgIpc) is 2.59. The SMILES string of the molecule is O=C1CC2CC1CC2CC(F)(F)S(=O)(=O)O. The largest absolute Gasteiger partial charge is 0.370 e. The molecule has 2 fully saturated rings. The predicted molar refractivity (Wildman–Crippen MR) is 50.4 cm³/mol. The average molecular weight is 254 g/mol. The van der Waals surface area contributed by atoms with E-state index >= 15 is 0 Å². The van der Waals surface area contributed by atoms with E-state index in [4.69, 9.17) is 4.55 Å². The van der Waals surface area contributed by atoms with Gasteiger partial charge in [-0.3, -0.25) is 9.35 Å². The normalized spacial score (nSPS) is 34.7. The summed E-state index contributed by atoms with van der Waals surface area (Å²) in [4.78, 5) is 11.2. The second-order valence-electron chi connectivity index (χ2n) is 4.68. The van der Waals surface area contributed by atoms with Gasteiger partial charge in [-0.05, 0) is 24.7 Å². The van der Waals surface area contributed by atoms with Crippen LogP contribution in [0.5, 0.6) is 0 Å². The summed E-state index contributed by atoms with van der Waals surface area (Å²) in [5.74, 6) is -0.687. The zero-order valence-electron chi connectivity index (χ0n) is 8.40. The van der Waals surface area contributed by atoms with Crippen molar-refractivity contribution in [2.75, 3.05) is 0 Å². The molecule has 0 aromatic rings. The van der Waals surface area contributed by atoms with Gasteiger partial charge in [-0.2, -0.15) is 17.2 Å². The van der Waals surface area contributed by atoms with Crippen molar-refractivity contribution in [1.29, 1.82) is 0 Å². The minimum atomic E-state index is -5.34. The van der Waals surface area contributed by atoms with Gasteiger partial charge in [-0.25, -0.2) is 0 Å². The van der Waals surface area contributed by atoms with Crippen molar-refractivity contribution in [1.82, 2.24) is 0 Å². The van der Waals surface area contributed by atoms with Crippen LogP contribution < -0.4 is 0 Å². The van der Waals surface area contributed by atoms with Crippen molar-refractivity contribution in [3.05, 3.63) is 0 Å². The maximum atomic E-state index is 13.1. The minimum absolute atomic E-state index is 0.0939. The molecule has 2 saturated carbocycles. The zero-order chi connectivity index (χ0) is 12.1. The van der Waals surface area contributed by atoms with E-state index in [0.717, 1.165) is 0 Å². The number of ketones is 1. The quantitative estimate of drug-likeness (QED) is 0.774. The minimum Gasteiger partial charge on any atom is -0.299 e. The Labute approximate surface area is 91.8 Å². The number of rotatable bonds is 3. The molecule has 3 atom stereocenters. The molecule has 0 spiro atoms. The third kappa shape index (κ3) is 1.86. The van der Waals surface area contributed by atoms with E-state index in [0.29, 0.717) is 12.8 Å². The summed E-state index contributed by atoms with van der Waals surface area (Å²) in [6.07, 6.45) is 0.316. The van der Waals surface area contributed by atoms with E-state index in [1.807, 2.05) is 0 Å². The summed E-state index contributed by atoms with van der Waals surface area (Å²) in [6.45, 7) is 0. The number of alkyl halides is 2. The smallest absolute Gasteiger partial charge is 0.299 e. The number of hydrogen-bond donors (Lipinski definition) is 1. The maximum Gasteiger partial charge on any atom is 0.370 e. The number of fused-ring (bicyclic) bond motifs is 2. The molecule has 2 aliphatic rings. The Kier molecular flexibility index (Phi) is 2.58. The molecular weight excluding hydrogens is 242 g/mol. The van der Waals surface area contributed by atoms with Crippen LogP contribution in [0, 0.1) is 17.8 Å². The molecule has 16 heavy (non-hydrogen) atoms. The molecule has 0 aromatic carbocycles. The van der Waals surface area contributed by atoms with Gasteiger partial charge in [0.05, 0.1) is 0 Å². The lowest BCUT2D eigenvalue weighted by Gasteiger charge is -2.24. The first-order chi connectivity index (χ1) is 7.21. The molecule has 2 bridgehead atoms. The van der Waals surface area contributed by atoms with Crippen LogP contribution >= 0.6 is 0 Å². The molecule has 0 saturated heterocycles.